The van der Waals surface area contributed by atoms with Gasteiger partial charge in [-0.15, -0.1) is 0 Å². The smallest absolute Gasteiger partial charge is 0.272 e. The predicted molar refractivity (Wildman–Crippen MR) is 55.0 cm³/mol. The van der Waals surface area contributed by atoms with Gasteiger partial charge in [-0.05, 0) is 12.5 Å². The van der Waals surface area contributed by atoms with Crippen LogP contribution >= 0.6 is 0 Å². The number of rotatable bonds is 4. The van der Waals surface area contributed by atoms with E-state index in [9.17, 15) is 18.0 Å². The Hall–Kier alpha value is -1.56. The second-order valence-electron chi connectivity index (χ2n) is 3.59. The van der Waals surface area contributed by atoms with Gasteiger partial charge in [-0.1, -0.05) is 29.8 Å². The Morgan fingerprint density at radius 2 is 2.12 bits per heavy atom. The lowest BCUT2D eigenvalue weighted by atomic mass is 10.1. The highest BCUT2D eigenvalue weighted by molar-refractivity contribution is 5.77. The Morgan fingerprint density at radius 1 is 1.41 bits per heavy atom. The Labute approximate surface area is 96.5 Å². The fourth-order valence-corrected chi connectivity index (χ4v) is 1.24. The van der Waals surface area contributed by atoms with Gasteiger partial charge in [0.2, 0.25) is 5.91 Å². The molecule has 1 N–H and O–H groups in total. The maximum Gasteiger partial charge on any atom is 0.414 e. The topological polar surface area (TPSA) is 38.3 Å². The Morgan fingerprint density at radius 3 is 2.71 bits per heavy atom. The van der Waals surface area contributed by atoms with Crippen LogP contribution in [0.25, 0.3) is 0 Å². The number of amides is 1. The van der Waals surface area contributed by atoms with E-state index in [0.29, 0.717) is 0 Å². The molecule has 6 heteroatoms. The van der Waals surface area contributed by atoms with Gasteiger partial charge in [-0.2, -0.15) is 13.2 Å². The number of hydrogen-bond acceptors (Lipinski definition) is 2. The monoisotopic (exact) mass is 247 g/mol. The Bertz CT molecular complexity index is 391. The quantitative estimate of drug-likeness (QED) is 0.828. The van der Waals surface area contributed by atoms with Crippen molar-refractivity contribution in [3.63, 3.8) is 0 Å². The van der Waals surface area contributed by atoms with Crippen LogP contribution in [0.4, 0.5) is 13.2 Å². The van der Waals surface area contributed by atoms with Crippen LogP contribution in [0.2, 0.25) is 0 Å². The summed E-state index contributed by atoms with van der Waals surface area (Å²) in [7, 11) is 0. The molecule has 1 aromatic rings. The van der Waals surface area contributed by atoms with Crippen molar-refractivity contribution in [1.82, 2.24) is 5.48 Å². The van der Waals surface area contributed by atoms with Crippen LogP contribution in [0.15, 0.2) is 24.3 Å². The van der Waals surface area contributed by atoms with E-state index in [1.807, 2.05) is 13.0 Å². The molecule has 0 heterocycles. The van der Waals surface area contributed by atoms with Gasteiger partial charge in [0, 0.05) is 0 Å². The van der Waals surface area contributed by atoms with Crippen LogP contribution in [0.3, 0.4) is 0 Å². The molecule has 0 aliphatic carbocycles. The maximum absolute atomic E-state index is 11.7. The van der Waals surface area contributed by atoms with E-state index in [1.165, 1.54) is 0 Å². The van der Waals surface area contributed by atoms with E-state index >= 15 is 0 Å². The molecule has 1 aromatic carbocycles. The maximum atomic E-state index is 11.7. The van der Waals surface area contributed by atoms with Gasteiger partial charge in [0.1, 0.15) is 0 Å². The molecular weight excluding hydrogens is 235 g/mol. The molecule has 0 bridgehead atoms. The first kappa shape index (κ1) is 13.5. The van der Waals surface area contributed by atoms with E-state index in [2.05, 4.69) is 4.84 Å². The largest absolute Gasteiger partial charge is 0.414 e. The number of hydrogen-bond donors (Lipinski definition) is 1. The molecule has 0 spiro atoms. The van der Waals surface area contributed by atoms with Gasteiger partial charge >= 0.3 is 6.18 Å². The highest BCUT2D eigenvalue weighted by atomic mass is 19.4. The van der Waals surface area contributed by atoms with Crippen LogP contribution in [-0.2, 0) is 16.1 Å². The first-order valence-corrected chi connectivity index (χ1v) is 4.90. The summed E-state index contributed by atoms with van der Waals surface area (Å²) in [6, 6.07) is 7.13. The molecule has 1 amide bonds. The Kier molecular flexibility index (Phi) is 4.51. The first-order valence-electron chi connectivity index (χ1n) is 4.90. The number of aryl methyl sites for hydroxylation is 1. The molecular formula is C11H12F3NO2. The molecule has 0 saturated heterocycles. The van der Waals surface area contributed by atoms with Crippen LogP contribution in [0.1, 0.15) is 11.1 Å². The zero-order valence-corrected chi connectivity index (χ0v) is 9.17. The second-order valence-corrected chi connectivity index (χ2v) is 3.59. The lowest BCUT2D eigenvalue weighted by Gasteiger charge is -2.08. The van der Waals surface area contributed by atoms with Crippen LogP contribution in [0.5, 0.6) is 0 Å². The van der Waals surface area contributed by atoms with Crippen molar-refractivity contribution in [3.8, 4) is 0 Å². The average molecular weight is 247 g/mol. The number of hydroxylamine groups is 1. The summed E-state index contributed by atoms with van der Waals surface area (Å²) in [4.78, 5) is 15.2. The molecule has 0 aliphatic rings. The minimum absolute atomic E-state index is 0.0143. The molecule has 0 unspecified atom stereocenters. The van der Waals surface area contributed by atoms with Crippen molar-refractivity contribution in [2.24, 2.45) is 0 Å². The number of carbonyl (C=O) groups excluding carboxylic acids is 1. The highest BCUT2D eigenvalue weighted by Gasteiger charge is 2.28. The van der Waals surface area contributed by atoms with Crippen molar-refractivity contribution < 1.29 is 22.8 Å². The third-order valence-electron chi connectivity index (χ3n) is 1.87. The fraction of sp³-hybridized carbons (Fsp3) is 0.364. The zero-order chi connectivity index (χ0) is 12.9. The van der Waals surface area contributed by atoms with E-state index in [-0.39, 0.29) is 6.42 Å². The molecule has 0 atom stereocenters. The molecule has 1 rings (SSSR count). The summed E-state index contributed by atoms with van der Waals surface area (Å²) < 4.78 is 35.1. The van der Waals surface area contributed by atoms with Crippen molar-refractivity contribution in [2.75, 3.05) is 6.61 Å². The van der Waals surface area contributed by atoms with E-state index in [1.54, 1.807) is 23.7 Å². The van der Waals surface area contributed by atoms with E-state index in [0.717, 1.165) is 11.1 Å². The molecule has 0 radical (unpaired) electrons. The van der Waals surface area contributed by atoms with Gasteiger partial charge in [0.15, 0.2) is 6.61 Å². The lowest BCUT2D eigenvalue weighted by Crippen LogP contribution is -2.30. The predicted octanol–water partition coefficient (Wildman–Crippen LogP) is 2.15. The van der Waals surface area contributed by atoms with Crippen molar-refractivity contribution >= 4 is 5.91 Å². The molecule has 3 nitrogen and oxygen atoms in total. The normalized spacial score (nSPS) is 11.3. The highest BCUT2D eigenvalue weighted by Crippen LogP contribution is 2.13. The number of halogens is 3. The van der Waals surface area contributed by atoms with Gasteiger partial charge in [0.05, 0.1) is 6.42 Å². The summed E-state index contributed by atoms with van der Waals surface area (Å²) in [5.41, 5.74) is 3.45. The number of nitrogens with one attached hydrogen (secondary N) is 1. The summed E-state index contributed by atoms with van der Waals surface area (Å²) >= 11 is 0. The van der Waals surface area contributed by atoms with Gasteiger partial charge in [-0.3, -0.25) is 9.63 Å². The zero-order valence-electron chi connectivity index (χ0n) is 9.17. The first-order chi connectivity index (χ1) is 7.87. The average Bonchev–Trinajstić information content (AvgIpc) is 2.15. The lowest BCUT2D eigenvalue weighted by molar-refractivity contribution is -0.191. The van der Waals surface area contributed by atoms with Crippen LogP contribution in [-0.4, -0.2) is 18.7 Å². The SMILES string of the molecule is Cc1cccc(CC(=O)NOCC(F)(F)F)c1. The summed E-state index contributed by atoms with van der Waals surface area (Å²) in [6.07, 6.45) is -4.46. The van der Waals surface area contributed by atoms with Crippen LogP contribution < -0.4 is 5.48 Å². The summed E-state index contributed by atoms with van der Waals surface area (Å²) in [5, 5.41) is 0. The van der Waals surface area contributed by atoms with E-state index < -0.39 is 18.7 Å². The van der Waals surface area contributed by atoms with Gasteiger partial charge < -0.3 is 0 Å². The van der Waals surface area contributed by atoms with E-state index in [4.69, 9.17) is 0 Å². The molecule has 0 aromatic heterocycles. The minimum Gasteiger partial charge on any atom is -0.272 e. The van der Waals surface area contributed by atoms with Crippen molar-refractivity contribution in [2.45, 2.75) is 19.5 Å². The molecule has 17 heavy (non-hydrogen) atoms. The summed E-state index contributed by atoms with van der Waals surface area (Å²) in [6.45, 7) is 0.369. The molecule has 94 valence electrons. The number of carbonyl (C=O) groups is 1. The molecule has 0 aliphatic heterocycles. The van der Waals surface area contributed by atoms with Gasteiger partial charge in [-0.25, -0.2) is 5.48 Å². The van der Waals surface area contributed by atoms with Crippen molar-refractivity contribution in [3.05, 3.63) is 35.4 Å². The van der Waals surface area contributed by atoms with Gasteiger partial charge in [0.25, 0.3) is 0 Å². The third kappa shape index (κ3) is 5.91. The standard InChI is InChI=1S/C11H12F3NO2/c1-8-3-2-4-9(5-8)6-10(16)15-17-7-11(12,13)14/h2-5H,6-7H2,1H3,(H,15,16). The Balaban J connectivity index is 2.35. The third-order valence-corrected chi connectivity index (χ3v) is 1.87. The summed E-state index contributed by atoms with van der Waals surface area (Å²) in [5.74, 6) is -0.611. The van der Waals surface area contributed by atoms with Crippen molar-refractivity contribution in [1.29, 1.82) is 0 Å². The number of alkyl halides is 3. The molecule has 0 saturated carbocycles. The fourth-order valence-electron chi connectivity index (χ4n) is 1.24. The second kappa shape index (κ2) is 5.67. The minimum atomic E-state index is -4.45. The van der Waals surface area contributed by atoms with Crippen LogP contribution in [0, 0.1) is 6.92 Å². The number of benzene rings is 1. The molecule has 0 fully saturated rings.